The van der Waals surface area contributed by atoms with Gasteiger partial charge in [0.05, 0.1) is 12.2 Å². The van der Waals surface area contributed by atoms with E-state index >= 15 is 0 Å². The molecule has 0 aliphatic heterocycles. The Morgan fingerprint density at radius 1 is 0.944 bits per heavy atom. The maximum absolute atomic E-state index is 5.73. The second-order valence-electron chi connectivity index (χ2n) is 7.89. The molecule has 9 nitrogen and oxygen atoms in total. The van der Waals surface area contributed by atoms with Crippen molar-refractivity contribution in [3.63, 3.8) is 0 Å². The highest BCUT2D eigenvalue weighted by Gasteiger charge is 2.09. The summed E-state index contributed by atoms with van der Waals surface area (Å²) in [4.78, 5) is 13.6. The second kappa shape index (κ2) is 10.9. The van der Waals surface area contributed by atoms with Crippen molar-refractivity contribution < 1.29 is 4.74 Å². The minimum Gasteiger partial charge on any atom is -0.478 e. The zero-order chi connectivity index (χ0) is 24.7. The third kappa shape index (κ3) is 5.29. The van der Waals surface area contributed by atoms with Crippen molar-refractivity contribution in [2.45, 2.75) is 12.8 Å². The van der Waals surface area contributed by atoms with Crippen molar-refractivity contribution in [2.75, 3.05) is 30.2 Å². The average molecular weight is 499 g/mol. The molecule has 180 valence electrons. The molecule has 0 saturated carbocycles. The van der Waals surface area contributed by atoms with Gasteiger partial charge in [0.25, 0.3) is 0 Å². The average Bonchev–Trinajstić information content (AvgIpc) is 3.38. The first-order chi connectivity index (χ1) is 17.7. The number of pyridine rings is 3. The van der Waals surface area contributed by atoms with Crippen LogP contribution in [-0.2, 0) is 0 Å². The van der Waals surface area contributed by atoms with Crippen molar-refractivity contribution in [3.05, 3.63) is 66.0 Å². The molecule has 10 heteroatoms. The van der Waals surface area contributed by atoms with Gasteiger partial charge in [-0.2, -0.15) is 20.4 Å². The molecule has 0 amide bonds. The van der Waals surface area contributed by atoms with Gasteiger partial charge < -0.3 is 15.4 Å². The molecule has 0 unspecified atom stereocenters. The SMILES string of the molecule is CNc1ncc(C#Cc2ccc3n[nH]nc3c2)c2cc(Nc3cccc(OCCCCCl)n3)ncc12. The first-order valence-electron chi connectivity index (χ1n) is 11.5. The zero-order valence-corrected chi connectivity index (χ0v) is 20.3. The van der Waals surface area contributed by atoms with Gasteiger partial charge in [-0.25, -0.2) is 9.97 Å². The Balaban J connectivity index is 1.43. The molecule has 0 bridgehead atoms. The summed E-state index contributed by atoms with van der Waals surface area (Å²) < 4.78 is 5.73. The van der Waals surface area contributed by atoms with Gasteiger partial charge in [-0.3, -0.25) is 0 Å². The normalized spacial score (nSPS) is 10.7. The Bertz CT molecular complexity index is 1570. The van der Waals surface area contributed by atoms with Crippen LogP contribution in [0.25, 0.3) is 21.8 Å². The van der Waals surface area contributed by atoms with Crippen LogP contribution in [0.2, 0.25) is 0 Å². The number of hydrogen-bond donors (Lipinski definition) is 3. The molecule has 5 rings (SSSR count). The molecule has 5 aromatic rings. The number of aromatic nitrogens is 6. The van der Waals surface area contributed by atoms with Crippen LogP contribution in [0.5, 0.6) is 5.88 Å². The maximum atomic E-state index is 5.73. The molecule has 1 aromatic carbocycles. The lowest BCUT2D eigenvalue weighted by molar-refractivity contribution is 0.298. The Kier molecular flexibility index (Phi) is 7.05. The van der Waals surface area contributed by atoms with Crippen LogP contribution >= 0.6 is 11.6 Å². The molecule has 4 aromatic heterocycles. The number of benzene rings is 1. The minimum atomic E-state index is 0.549. The highest BCUT2D eigenvalue weighted by molar-refractivity contribution is 6.17. The molecule has 0 aliphatic carbocycles. The van der Waals surface area contributed by atoms with Gasteiger partial charge in [0.2, 0.25) is 5.88 Å². The van der Waals surface area contributed by atoms with Gasteiger partial charge in [0.1, 0.15) is 28.5 Å². The summed E-state index contributed by atoms with van der Waals surface area (Å²) >= 11 is 5.73. The number of rotatable bonds is 8. The molecule has 0 spiro atoms. The lowest BCUT2D eigenvalue weighted by Crippen LogP contribution is -2.02. The number of halogens is 1. The first-order valence-corrected chi connectivity index (χ1v) is 12.0. The Hall–Kier alpha value is -4.42. The van der Waals surface area contributed by atoms with Gasteiger partial charge in [-0.05, 0) is 43.2 Å². The molecule has 3 N–H and O–H groups in total. The van der Waals surface area contributed by atoms with Crippen LogP contribution in [0.4, 0.5) is 17.5 Å². The van der Waals surface area contributed by atoms with Gasteiger partial charge in [0.15, 0.2) is 0 Å². The van der Waals surface area contributed by atoms with Crippen LogP contribution in [0.1, 0.15) is 24.0 Å². The lowest BCUT2D eigenvalue weighted by Gasteiger charge is -2.11. The van der Waals surface area contributed by atoms with E-state index in [2.05, 4.69) is 52.8 Å². The zero-order valence-electron chi connectivity index (χ0n) is 19.5. The largest absolute Gasteiger partial charge is 0.478 e. The van der Waals surface area contributed by atoms with Gasteiger partial charge in [-0.1, -0.05) is 17.9 Å². The summed E-state index contributed by atoms with van der Waals surface area (Å²) in [6.45, 7) is 0.572. The van der Waals surface area contributed by atoms with E-state index < -0.39 is 0 Å². The number of alkyl halides is 1. The Morgan fingerprint density at radius 2 is 1.86 bits per heavy atom. The molecule has 4 heterocycles. The highest BCUT2D eigenvalue weighted by atomic mass is 35.5. The Labute approximate surface area is 212 Å². The number of nitrogens with zero attached hydrogens (tertiary/aromatic N) is 5. The number of ether oxygens (including phenoxy) is 1. The number of nitrogens with one attached hydrogen (secondary N) is 3. The minimum absolute atomic E-state index is 0.549. The standard InChI is InChI=1S/C26H23ClN8O/c1-28-26-20-16-29-24(31-23-5-4-6-25(32-23)36-12-3-2-11-27)14-19(20)18(15-30-26)9-7-17-8-10-21-22(13-17)34-35-33-21/h4-6,8,10,13-16H,2-3,11-12H2,1H3,(H,28,30)(H,29,31,32)(H,33,34,35). The highest BCUT2D eigenvalue weighted by Crippen LogP contribution is 2.27. The fourth-order valence-electron chi connectivity index (χ4n) is 3.63. The summed E-state index contributed by atoms with van der Waals surface area (Å²) in [5.41, 5.74) is 3.18. The molecule has 0 aliphatic rings. The number of hydrogen-bond acceptors (Lipinski definition) is 8. The molecule has 36 heavy (non-hydrogen) atoms. The van der Waals surface area contributed by atoms with E-state index in [1.165, 1.54) is 0 Å². The predicted octanol–water partition coefficient (Wildman–Crippen LogP) is 4.88. The van der Waals surface area contributed by atoms with E-state index in [0.29, 0.717) is 30.0 Å². The van der Waals surface area contributed by atoms with Gasteiger partial charge in [0, 0.05) is 47.7 Å². The fraction of sp³-hybridized carbons (Fsp3) is 0.192. The molecular formula is C26H23ClN8O. The first kappa shape index (κ1) is 23.3. The number of fused-ring (bicyclic) bond motifs is 2. The van der Waals surface area contributed by atoms with Crippen LogP contribution < -0.4 is 15.4 Å². The fourth-order valence-corrected chi connectivity index (χ4v) is 3.82. The van der Waals surface area contributed by atoms with E-state index in [1.807, 2.05) is 49.5 Å². The third-order valence-corrected chi connectivity index (χ3v) is 5.69. The predicted molar refractivity (Wildman–Crippen MR) is 142 cm³/mol. The summed E-state index contributed by atoms with van der Waals surface area (Å²) in [5, 5.41) is 19.0. The number of aromatic amines is 1. The lowest BCUT2D eigenvalue weighted by atomic mass is 10.1. The summed E-state index contributed by atoms with van der Waals surface area (Å²) in [7, 11) is 1.83. The molecule has 0 radical (unpaired) electrons. The summed E-state index contributed by atoms with van der Waals surface area (Å²) in [6, 6.07) is 13.2. The molecular weight excluding hydrogens is 476 g/mol. The quantitative estimate of drug-likeness (QED) is 0.157. The van der Waals surface area contributed by atoms with Crippen molar-refractivity contribution in [1.82, 2.24) is 30.4 Å². The van der Waals surface area contributed by atoms with Gasteiger partial charge >= 0.3 is 0 Å². The monoisotopic (exact) mass is 498 g/mol. The van der Waals surface area contributed by atoms with Crippen molar-refractivity contribution in [3.8, 4) is 17.7 Å². The van der Waals surface area contributed by atoms with Crippen LogP contribution in [-0.4, -0.2) is 49.9 Å². The maximum Gasteiger partial charge on any atom is 0.215 e. The van der Waals surface area contributed by atoms with E-state index in [-0.39, 0.29) is 0 Å². The Morgan fingerprint density at radius 3 is 2.75 bits per heavy atom. The van der Waals surface area contributed by atoms with E-state index in [0.717, 1.165) is 51.6 Å². The van der Waals surface area contributed by atoms with E-state index in [4.69, 9.17) is 16.3 Å². The summed E-state index contributed by atoms with van der Waals surface area (Å²) in [6.07, 6.45) is 5.32. The van der Waals surface area contributed by atoms with Crippen LogP contribution in [0, 0.1) is 11.8 Å². The smallest absolute Gasteiger partial charge is 0.215 e. The topological polar surface area (TPSA) is 114 Å². The number of H-pyrrole nitrogens is 1. The second-order valence-corrected chi connectivity index (χ2v) is 8.27. The van der Waals surface area contributed by atoms with Crippen molar-refractivity contribution >= 4 is 50.9 Å². The summed E-state index contributed by atoms with van der Waals surface area (Å²) in [5.74, 6) is 9.62. The van der Waals surface area contributed by atoms with E-state index in [9.17, 15) is 0 Å². The third-order valence-electron chi connectivity index (χ3n) is 5.42. The molecule has 0 atom stereocenters. The van der Waals surface area contributed by atoms with E-state index in [1.54, 1.807) is 12.4 Å². The molecule has 0 fully saturated rings. The van der Waals surface area contributed by atoms with Gasteiger partial charge in [-0.15, -0.1) is 11.6 Å². The number of anilines is 3. The molecule has 0 saturated heterocycles. The van der Waals surface area contributed by atoms with Crippen molar-refractivity contribution in [2.24, 2.45) is 0 Å². The van der Waals surface area contributed by atoms with Crippen LogP contribution in [0.3, 0.4) is 0 Å². The number of unbranched alkanes of at least 4 members (excludes halogenated alkanes) is 1. The van der Waals surface area contributed by atoms with Crippen molar-refractivity contribution in [1.29, 1.82) is 0 Å². The van der Waals surface area contributed by atoms with Crippen LogP contribution in [0.15, 0.2) is 54.9 Å².